The number of thioether (sulfide) groups is 1. The number of imide groups is 1. The van der Waals surface area contributed by atoms with E-state index in [-0.39, 0.29) is 17.4 Å². The Balaban J connectivity index is 1.16. The summed E-state index contributed by atoms with van der Waals surface area (Å²) in [7, 11) is 0. The van der Waals surface area contributed by atoms with Gasteiger partial charge in [0, 0.05) is 30.0 Å². The molecular formula is C21H28N6O2S. The highest BCUT2D eigenvalue weighted by molar-refractivity contribution is 8.18. The molecule has 2 unspecified atom stereocenters. The van der Waals surface area contributed by atoms with E-state index >= 15 is 0 Å². The van der Waals surface area contributed by atoms with Crippen LogP contribution in [0.3, 0.4) is 0 Å². The van der Waals surface area contributed by atoms with Crippen LogP contribution >= 0.6 is 11.8 Å². The lowest BCUT2D eigenvalue weighted by Crippen LogP contribution is -2.49. The maximum absolute atomic E-state index is 11.7. The number of hydrogen-bond acceptors (Lipinski definition) is 8. The number of carbonyl (C=O) groups excluding carboxylic acids is 2. The van der Waals surface area contributed by atoms with E-state index in [1.54, 1.807) is 18.4 Å². The molecule has 4 rings (SSSR count). The largest absolute Gasteiger partial charge is 0.385 e. The number of nitrogens with one attached hydrogen (secondary N) is 5. The molecule has 5 N–H and O–H groups in total. The van der Waals surface area contributed by atoms with Crippen LogP contribution in [-0.4, -0.2) is 48.3 Å². The third kappa shape index (κ3) is 5.84. The fraction of sp³-hybridized carbons (Fsp3) is 0.476. The van der Waals surface area contributed by atoms with Crippen molar-refractivity contribution in [3.63, 3.8) is 0 Å². The molecule has 8 nitrogen and oxygen atoms in total. The first-order valence-corrected chi connectivity index (χ1v) is 11.3. The average Bonchev–Trinajstić information content (AvgIpc) is 3.07. The third-order valence-corrected chi connectivity index (χ3v) is 6.40. The number of allylic oxidation sites excluding steroid dienone is 4. The van der Waals surface area contributed by atoms with Gasteiger partial charge < -0.3 is 16.0 Å². The number of amides is 2. The number of nitrogens with zero attached hydrogens (tertiary/aromatic N) is 1. The van der Waals surface area contributed by atoms with Gasteiger partial charge in [-0.25, -0.2) is 0 Å². The van der Waals surface area contributed by atoms with E-state index in [2.05, 4.69) is 43.7 Å². The topological polar surface area (TPSA) is 107 Å². The fourth-order valence-electron chi connectivity index (χ4n) is 3.99. The van der Waals surface area contributed by atoms with Crippen LogP contribution in [0.4, 0.5) is 4.79 Å². The van der Waals surface area contributed by atoms with Crippen LogP contribution in [0.25, 0.3) is 0 Å². The smallest absolute Gasteiger partial charge is 0.290 e. The third-order valence-electron chi connectivity index (χ3n) is 5.59. The van der Waals surface area contributed by atoms with Crippen molar-refractivity contribution < 1.29 is 9.59 Å². The van der Waals surface area contributed by atoms with Gasteiger partial charge >= 0.3 is 0 Å². The molecule has 9 heteroatoms. The summed E-state index contributed by atoms with van der Waals surface area (Å²) in [4.78, 5) is 27.9. The Morgan fingerprint density at radius 3 is 2.73 bits per heavy atom. The Morgan fingerprint density at radius 1 is 1.17 bits per heavy atom. The molecule has 2 amide bonds. The zero-order chi connectivity index (χ0) is 20.8. The molecule has 0 spiro atoms. The highest BCUT2D eigenvalue weighted by Gasteiger charge is 2.27. The minimum Gasteiger partial charge on any atom is -0.385 e. The lowest BCUT2D eigenvalue weighted by atomic mass is 9.91. The second-order valence-corrected chi connectivity index (χ2v) is 8.81. The van der Waals surface area contributed by atoms with E-state index in [0.29, 0.717) is 23.0 Å². The summed E-state index contributed by atoms with van der Waals surface area (Å²) in [6.07, 6.45) is 18.9. The number of rotatable bonds is 7. The summed E-state index contributed by atoms with van der Waals surface area (Å²) in [5, 5.41) is 15.8. The highest BCUT2D eigenvalue weighted by Crippen LogP contribution is 2.24. The van der Waals surface area contributed by atoms with E-state index in [1.807, 2.05) is 12.3 Å². The number of hydrogen-bond donors (Lipinski definition) is 5. The van der Waals surface area contributed by atoms with Gasteiger partial charge in [0.25, 0.3) is 11.1 Å². The molecule has 2 atom stereocenters. The SMILES string of the molecule is O=C1NC(=O)/C(=C/C2=CC=NC(N[C@H]3CC[C@@H](NCCC4C=CC=CN4)CC3)N2)S1. The summed E-state index contributed by atoms with van der Waals surface area (Å²) >= 11 is 0.918. The zero-order valence-corrected chi connectivity index (χ0v) is 17.6. The minimum absolute atomic E-state index is 0.223. The molecule has 0 aromatic carbocycles. The van der Waals surface area contributed by atoms with Crippen LogP contribution in [0.15, 0.2) is 52.2 Å². The van der Waals surface area contributed by atoms with E-state index < -0.39 is 0 Å². The van der Waals surface area contributed by atoms with E-state index in [0.717, 1.165) is 56.1 Å². The van der Waals surface area contributed by atoms with E-state index in [1.165, 1.54) is 0 Å². The van der Waals surface area contributed by atoms with Gasteiger partial charge in [-0.05, 0) is 74.8 Å². The first-order valence-electron chi connectivity index (χ1n) is 10.5. The molecule has 3 aliphatic heterocycles. The van der Waals surface area contributed by atoms with Crippen LogP contribution in [-0.2, 0) is 4.79 Å². The van der Waals surface area contributed by atoms with E-state index in [4.69, 9.17) is 0 Å². The normalized spacial score (nSPS) is 32.0. The van der Waals surface area contributed by atoms with Gasteiger partial charge in [-0.1, -0.05) is 12.2 Å². The molecule has 1 saturated heterocycles. The molecule has 1 aliphatic carbocycles. The fourth-order valence-corrected chi connectivity index (χ4v) is 4.66. The van der Waals surface area contributed by atoms with Crippen molar-refractivity contribution in [2.45, 2.75) is 56.5 Å². The summed E-state index contributed by atoms with van der Waals surface area (Å²) in [5.74, 6) is -0.350. The van der Waals surface area contributed by atoms with Crippen LogP contribution in [0.1, 0.15) is 32.1 Å². The molecule has 0 bridgehead atoms. The van der Waals surface area contributed by atoms with Gasteiger partial charge in [0.1, 0.15) is 0 Å². The van der Waals surface area contributed by atoms with Crippen LogP contribution in [0.2, 0.25) is 0 Å². The zero-order valence-electron chi connectivity index (χ0n) is 16.8. The van der Waals surface area contributed by atoms with Crippen LogP contribution in [0, 0.1) is 0 Å². The first kappa shape index (κ1) is 20.9. The molecule has 0 radical (unpaired) electrons. The number of aliphatic imine (C=N–C) groups is 1. The Kier molecular flexibility index (Phi) is 7.03. The lowest BCUT2D eigenvalue weighted by molar-refractivity contribution is -0.115. The van der Waals surface area contributed by atoms with Crippen LogP contribution < -0.4 is 26.6 Å². The summed E-state index contributed by atoms with van der Waals surface area (Å²) in [6, 6.07) is 1.41. The highest BCUT2D eigenvalue weighted by atomic mass is 32.2. The second kappa shape index (κ2) is 10.1. The maximum Gasteiger partial charge on any atom is 0.290 e. The second-order valence-electron chi connectivity index (χ2n) is 7.79. The van der Waals surface area contributed by atoms with Crippen molar-refractivity contribution in [2.75, 3.05) is 6.54 Å². The van der Waals surface area contributed by atoms with Gasteiger partial charge in [-0.15, -0.1) is 0 Å². The molecular weight excluding hydrogens is 400 g/mol. The van der Waals surface area contributed by atoms with Gasteiger partial charge in [0.2, 0.25) is 0 Å². The molecule has 0 aromatic rings. The standard InChI is InChI=1S/C21H28N6O2S/c28-19-18(30-21(29)27-19)13-17-9-12-24-20(26-17)25-16-6-4-15(5-7-16)23-11-8-14-3-1-2-10-22-14/h1-3,9-10,12-16,20,22-23,25-26H,4-8,11H2,(H,27,28,29)/b18-13-/t14?,15-,16+,20?. The van der Waals surface area contributed by atoms with Gasteiger partial charge in [-0.3, -0.25) is 25.2 Å². The summed E-state index contributed by atoms with van der Waals surface area (Å²) in [6.45, 7) is 1.02. The van der Waals surface area contributed by atoms with Crippen molar-refractivity contribution in [1.29, 1.82) is 0 Å². The monoisotopic (exact) mass is 428 g/mol. The van der Waals surface area contributed by atoms with Gasteiger partial charge in [0.15, 0.2) is 6.29 Å². The molecule has 3 heterocycles. The Bertz CT molecular complexity index is 810. The lowest BCUT2D eigenvalue weighted by Gasteiger charge is -2.33. The average molecular weight is 429 g/mol. The predicted octanol–water partition coefficient (Wildman–Crippen LogP) is 1.62. The molecule has 4 aliphatic rings. The molecule has 30 heavy (non-hydrogen) atoms. The first-order chi connectivity index (χ1) is 14.7. The molecule has 2 fully saturated rings. The Hall–Kier alpha value is -2.36. The van der Waals surface area contributed by atoms with Gasteiger partial charge in [-0.2, -0.15) is 0 Å². The predicted molar refractivity (Wildman–Crippen MR) is 120 cm³/mol. The van der Waals surface area contributed by atoms with Gasteiger partial charge in [0.05, 0.1) is 4.91 Å². The molecule has 0 aromatic heterocycles. The van der Waals surface area contributed by atoms with Crippen molar-refractivity contribution in [3.8, 4) is 0 Å². The summed E-state index contributed by atoms with van der Waals surface area (Å²) < 4.78 is 0. The molecule has 1 saturated carbocycles. The Labute approximate surface area is 180 Å². The minimum atomic E-state index is -0.350. The van der Waals surface area contributed by atoms with Crippen LogP contribution in [0.5, 0.6) is 0 Å². The number of carbonyl (C=O) groups is 2. The summed E-state index contributed by atoms with van der Waals surface area (Å²) in [5.41, 5.74) is 0.769. The van der Waals surface area contributed by atoms with Crippen molar-refractivity contribution >= 4 is 29.1 Å². The number of dihydropyridines is 1. The van der Waals surface area contributed by atoms with Crippen molar-refractivity contribution in [2.24, 2.45) is 4.99 Å². The Morgan fingerprint density at radius 2 is 2.00 bits per heavy atom. The van der Waals surface area contributed by atoms with E-state index in [9.17, 15) is 9.59 Å². The quantitative estimate of drug-likeness (QED) is 0.392. The maximum atomic E-state index is 11.7. The van der Waals surface area contributed by atoms with Crippen molar-refractivity contribution in [3.05, 3.63) is 47.2 Å². The van der Waals surface area contributed by atoms with Crippen molar-refractivity contribution in [1.82, 2.24) is 26.6 Å². The molecule has 160 valence electrons.